The fourth-order valence-electron chi connectivity index (χ4n) is 2.44. The molecule has 0 N–H and O–H groups in total. The first kappa shape index (κ1) is 13.6. The molecule has 20 heavy (non-hydrogen) atoms. The SMILES string of the molecule is CC1(C)OB(Cc2ccc3ccccc3n2)OC1(C)C. The highest BCUT2D eigenvalue weighted by Crippen LogP contribution is 2.37. The molecule has 1 saturated heterocycles. The van der Waals surface area contributed by atoms with Gasteiger partial charge in [0.25, 0.3) is 0 Å². The number of pyridine rings is 1. The van der Waals surface area contributed by atoms with Crippen LogP contribution in [0.2, 0.25) is 0 Å². The second-order valence-corrected chi connectivity index (χ2v) is 6.39. The first-order chi connectivity index (χ1) is 9.37. The van der Waals surface area contributed by atoms with E-state index in [0.717, 1.165) is 16.6 Å². The van der Waals surface area contributed by atoms with Gasteiger partial charge in [0.1, 0.15) is 0 Å². The third-order valence-electron chi connectivity index (χ3n) is 4.33. The fraction of sp³-hybridized carbons (Fsp3) is 0.438. The second-order valence-electron chi connectivity index (χ2n) is 6.39. The van der Waals surface area contributed by atoms with Crippen LogP contribution in [0, 0.1) is 0 Å². The summed E-state index contributed by atoms with van der Waals surface area (Å²) in [4.78, 5) is 4.67. The Morgan fingerprint density at radius 2 is 1.60 bits per heavy atom. The van der Waals surface area contributed by atoms with E-state index in [-0.39, 0.29) is 18.3 Å². The van der Waals surface area contributed by atoms with Crippen molar-refractivity contribution in [2.45, 2.75) is 45.2 Å². The summed E-state index contributed by atoms with van der Waals surface area (Å²) in [6.45, 7) is 8.28. The highest BCUT2D eigenvalue weighted by Gasteiger charge is 2.50. The normalized spacial score (nSPS) is 20.5. The predicted molar refractivity (Wildman–Crippen MR) is 81.5 cm³/mol. The molecule has 3 nitrogen and oxygen atoms in total. The van der Waals surface area contributed by atoms with Gasteiger partial charge in [-0.25, -0.2) is 0 Å². The molecular formula is C16H20BNO2. The van der Waals surface area contributed by atoms with Crippen molar-refractivity contribution in [2.24, 2.45) is 0 Å². The zero-order valence-electron chi connectivity index (χ0n) is 12.5. The molecule has 0 saturated carbocycles. The van der Waals surface area contributed by atoms with Crippen molar-refractivity contribution in [3.05, 3.63) is 42.1 Å². The topological polar surface area (TPSA) is 31.4 Å². The van der Waals surface area contributed by atoms with Crippen LogP contribution < -0.4 is 0 Å². The molecule has 0 unspecified atom stereocenters. The van der Waals surface area contributed by atoms with Crippen LogP contribution in [0.1, 0.15) is 33.4 Å². The van der Waals surface area contributed by atoms with Crippen LogP contribution in [0.5, 0.6) is 0 Å². The lowest BCUT2D eigenvalue weighted by Crippen LogP contribution is -2.41. The quantitative estimate of drug-likeness (QED) is 0.783. The first-order valence-electron chi connectivity index (χ1n) is 7.08. The number of benzene rings is 1. The Bertz CT molecular complexity index is 623. The van der Waals surface area contributed by atoms with Gasteiger partial charge in [-0.2, -0.15) is 0 Å². The molecule has 0 amide bonds. The third kappa shape index (κ3) is 2.34. The summed E-state index contributed by atoms with van der Waals surface area (Å²) in [5, 5.41) is 1.16. The van der Waals surface area contributed by atoms with Crippen LogP contribution in [-0.2, 0) is 15.6 Å². The average Bonchev–Trinajstić information content (AvgIpc) is 2.57. The van der Waals surface area contributed by atoms with Crippen LogP contribution in [0.3, 0.4) is 0 Å². The van der Waals surface area contributed by atoms with Gasteiger partial charge in [0.05, 0.1) is 16.7 Å². The van der Waals surface area contributed by atoms with Gasteiger partial charge in [-0.3, -0.25) is 4.98 Å². The Labute approximate surface area is 120 Å². The molecule has 1 aliphatic heterocycles. The van der Waals surface area contributed by atoms with Crippen molar-refractivity contribution in [3.8, 4) is 0 Å². The van der Waals surface area contributed by atoms with Gasteiger partial charge in [0, 0.05) is 17.4 Å². The molecule has 0 bridgehead atoms. The highest BCUT2D eigenvalue weighted by molar-refractivity contribution is 6.44. The largest absolute Gasteiger partial charge is 0.464 e. The van der Waals surface area contributed by atoms with Crippen molar-refractivity contribution in [1.29, 1.82) is 0 Å². The Hall–Kier alpha value is -1.39. The number of nitrogens with zero attached hydrogens (tertiary/aromatic N) is 1. The van der Waals surface area contributed by atoms with E-state index in [2.05, 4.69) is 44.8 Å². The third-order valence-corrected chi connectivity index (χ3v) is 4.33. The maximum absolute atomic E-state index is 6.02. The van der Waals surface area contributed by atoms with Gasteiger partial charge in [0.15, 0.2) is 0 Å². The van der Waals surface area contributed by atoms with Crippen molar-refractivity contribution < 1.29 is 9.31 Å². The number of para-hydroxylation sites is 1. The van der Waals surface area contributed by atoms with Crippen LogP contribution >= 0.6 is 0 Å². The molecular weight excluding hydrogens is 249 g/mol. The van der Waals surface area contributed by atoms with E-state index in [1.807, 2.05) is 24.3 Å². The van der Waals surface area contributed by atoms with Crippen LogP contribution in [-0.4, -0.2) is 23.3 Å². The van der Waals surface area contributed by atoms with Crippen molar-refractivity contribution >= 4 is 18.0 Å². The van der Waals surface area contributed by atoms with Crippen LogP contribution in [0.25, 0.3) is 10.9 Å². The van der Waals surface area contributed by atoms with E-state index in [0.29, 0.717) is 6.32 Å². The lowest BCUT2D eigenvalue weighted by molar-refractivity contribution is 0.00578. The average molecular weight is 269 g/mol. The summed E-state index contributed by atoms with van der Waals surface area (Å²) in [6.07, 6.45) is 0.678. The predicted octanol–water partition coefficient (Wildman–Crippen LogP) is 3.41. The van der Waals surface area contributed by atoms with Crippen molar-refractivity contribution in [2.75, 3.05) is 0 Å². The first-order valence-corrected chi connectivity index (χ1v) is 7.08. The lowest BCUT2D eigenvalue weighted by atomic mass is 9.83. The van der Waals surface area contributed by atoms with E-state index in [1.54, 1.807) is 0 Å². The van der Waals surface area contributed by atoms with E-state index < -0.39 is 0 Å². The monoisotopic (exact) mass is 269 g/mol. The Balaban J connectivity index is 1.81. The van der Waals surface area contributed by atoms with E-state index in [9.17, 15) is 0 Å². The lowest BCUT2D eigenvalue weighted by Gasteiger charge is -2.32. The number of hydrogen-bond acceptors (Lipinski definition) is 3. The minimum absolute atomic E-state index is 0.228. The van der Waals surface area contributed by atoms with Gasteiger partial charge >= 0.3 is 7.12 Å². The summed E-state index contributed by atoms with van der Waals surface area (Å²) in [5.41, 5.74) is 1.45. The van der Waals surface area contributed by atoms with E-state index in [4.69, 9.17) is 9.31 Å². The minimum atomic E-state index is -0.283. The molecule has 4 heteroatoms. The zero-order valence-corrected chi connectivity index (χ0v) is 12.5. The highest BCUT2D eigenvalue weighted by atomic mass is 16.7. The molecule has 1 aliphatic rings. The maximum atomic E-state index is 6.02. The number of rotatable bonds is 2. The van der Waals surface area contributed by atoms with E-state index in [1.165, 1.54) is 0 Å². The summed E-state index contributed by atoms with van der Waals surface area (Å²) in [7, 11) is -0.228. The molecule has 104 valence electrons. The van der Waals surface area contributed by atoms with Crippen molar-refractivity contribution in [1.82, 2.24) is 4.98 Å². The summed E-state index contributed by atoms with van der Waals surface area (Å²) in [5.74, 6) is 0. The van der Waals surface area contributed by atoms with Crippen molar-refractivity contribution in [3.63, 3.8) is 0 Å². The fourth-order valence-corrected chi connectivity index (χ4v) is 2.44. The molecule has 0 spiro atoms. The Kier molecular flexibility index (Phi) is 3.11. The van der Waals surface area contributed by atoms with Gasteiger partial charge in [0.2, 0.25) is 0 Å². The molecule has 2 aromatic rings. The molecule has 0 atom stereocenters. The standard InChI is InChI=1S/C16H20BNO2/c1-15(2)16(3,4)20-17(19-15)11-13-10-9-12-7-5-6-8-14(12)18-13/h5-10H,11H2,1-4H3. The van der Waals surface area contributed by atoms with Gasteiger partial charge < -0.3 is 9.31 Å². The molecule has 1 aromatic carbocycles. The molecule has 1 aromatic heterocycles. The van der Waals surface area contributed by atoms with E-state index >= 15 is 0 Å². The zero-order chi connectivity index (χ0) is 14.4. The Morgan fingerprint density at radius 3 is 2.30 bits per heavy atom. The summed E-state index contributed by atoms with van der Waals surface area (Å²) in [6, 6.07) is 12.3. The van der Waals surface area contributed by atoms with Crippen LogP contribution in [0.15, 0.2) is 36.4 Å². The van der Waals surface area contributed by atoms with Gasteiger partial charge in [-0.1, -0.05) is 24.3 Å². The second kappa shape index (κ2) is 4.57. The number of fused-ring (bicyclic) bond motifs is 1. The summed E-state index contributed by atoms with van der Waals surface area (Å²) >= 11 is 0. The smallest absolute Gasteiger partial charge is 0.403 e. The van der Waals surface area contributed by atoms with Crippen LogP contribution in [0.4, 0.5) is 0 Å². The maximum Gasteiger partial charge on any atom is 0.464 e. The molecule has 0 aliphatic carbocycles. The molecule has 2 heterocycles. The molecule has 3 rings (SSSR count). The van der Waals surface area contributed by atoms with Gasteiger partial charge in [-0.15, -0.1) is 0 Å². The number of aromatic nitrogens is 1. The summed E-state index contributed by atoms with van der Waals surface area (Å²) < 4.78 is 12.0. The molecule has 0 radical (unpaired) electrons. The molecule has 1 fully saturated rings. The Morgan fingerprint density at radius 1 is 0.950 bits per heavy atom. The van der Waals surface area contributed by atoms with Gasteiger partial charge in [-0.05, 0) is 39.8 Å². The minimum Gasteiger partial charge on any atom is -0.403 e. The number of hydrogen-bond donors (Lipinski definition) is 0.